The predicted octanol–water partition coefficient (Wildman–Crippen LogP) is 3.69. The van der Waals surface area contributed by atoms with E-state index in [1.807, 2.05) is 12.1 Å². The summed E-state index contributed by atoms with van der Waals surface area (Å²) in [5, 5.41) is 13.3. The van der Waals surface area contributed by atoms with Crippen molar-refractivity contribution >= 4 is 33.2 Å². The van der Waals surface area contributed by atoms with E-state index in [1.54, 1.807) is 23.1 Å². The van der Waals surface area contributed by atoms with Gasteiger partial charge in [-0.1, -0.05) is 18.2 Å². The molecule has 0 spiro atoms. The van der Waals surface area contributed by atoms with Crippen LogP contribution in [0.5, 0.6) is 0 Å². The molecule has 2 aromatic rings. The molecule has 1 nitrogen and oxygen atoms in total. The lowest BCUT2D eigenvalue weighted by atomic mass is 10.1. The van der Waals surface area contributed by atoms with Crippen LogP contribution in [-0.2, 0) is 0 Å². The van der Waals surface area contributed by atoms with E-state index in [0.29, 0.717) is 0 Å². The van der Waals surface area contributed by atoms with E-state index in [-0.39, 0.29) is 6.10 Å². The molecule has 0 amide bonds. The van der Waals surface area contributed by atoms with Gasteiger partial charge >= 0.3 is 0 Å². The van der Waals surface area contributed by atoms with E-state index in [9.17, 15) is 5.11 Å². The van der Waals surface area contributed by atoms with Crippen molar-refractivity contribution in [3.05, 3.63) is 35.2 Å². The molecule has 1 N–H and O–H groups in total. The summed E-state index contributed by atoms with van der Waals surface area (Å²) in [6.45, 7) is 0. The zero-order valence-electron chi connectivity index (χ0n) is 8.64. The maximum absolute atomic E-state index is 10.0. The minimum Gasteiger partial charge on any atom is -0.388 e. The first-order chi connectivity index (χ1) is 7.33. The fraction of sp³-hybridized carbons (Fsp3) is 0.333. The molecular formula is C12H14OS2. The Labute approximate surface area is 98.1 Å². The van der Waals surface area contributed by atoms with E-state index >= 15 is 0 Å². The minimum atomic E-state index is -0.311. The molecule has 0 fully saturated rings. The smallest absolute Gasteiger partial charge is 0.0812 e. The van der Waals surface area contributed by atoms with Crippen molar-refractivity contribution in [3.63, 3.8) is 0 Å². The Kier molecular flexibility index (Phi) is 3.67. The summed E-state index contributed by atoms with van der Waals surface area (Å²) in [5.74, 6) is 1.01. The van der Waals surface area contributed by atoms with Gasteiger partial charge in [-0.25, -0.2) is 0 Å². The molecule has 1 aromatic carbocycles. The van der Waals surface area contributed by atoms with Gasteiger partial charge in [0.2, 0.25) is 0 Å². The summed E-state index contributed by atoms with van der Waals surface area (Å²) in [4.78, 5) is 0. The Morgan fingerprint density at radius 3 is 3.00 bits per heavy atom. The summed E-state index contributed by atoms with van der Waals surface area (Å²) in [6.07, 6.45) is 2.59. The number of aliphatic hydroxyl groups excluding tert-OH is 1. The highest BCUT2D eigenvalue weighted by Gasteiger charge is 2.11. The van der Waals surface area contributed by atoms with Gasteiger partial charge in [0, 0.05) is 4.70 Å². The highest BCUT2D eigenvalue weighted by atomic mass is 32.2. The molecule has 0 bridgehead atoms. The largest absolute Gasteiger partial charge is 0.388 e. The molecule has 1 heterocycles. The molecular weight excluding hydrogens is 224 g/mol. The fourth-order valence-corrected chi connectivity index (χ4v) is 3.11. The topological polar surface area (TPSA) is 20.2 Å². The highest BCUT2D eigenvalue weighted by molar-refractivity contribution is 7.98. The molecule has 0 aliphatic carbocycles. The first-order valence-electron chi connectivity index (χ1n) is 4.96. The molecule has 15 heavy (non-hydrogen) atoms. The fourth-order valence-electron chi connectivity index (χ4n) is 1.64. The van der Waals surface area contributed by atoms with Crippen LogP contribution in [0.25, 0.3) is 10.1 Å². The first kappa shape index (κ1) is 11.0. The summed E-state index contributed by atoms with van der Waals surface area (Å²) >= 11 is 3.48. The average Bonchev–Trinajstić information content (AvgIpc) is 2.69. The number of hydrogen-bond acceptors (Lipinski definition) is 3. The number of thioether (sulfide) groups is 1. The van der Waals surface area contributed by atoms with E-state index in [1.165, 1.54) is 10.1 Å². The summed E-state index contributed by atoms with van der Waals surface area (Å²) in [5.41, 5.74) is 1.09. The van der Waals surface area contributed by atoms with E-state index in [2.05, 4.69) is 23.8 Å². The Balaban J connectivity index is 2.27. The van der Waals surface area contributed by atoms with Crippen LogP contribution in [0.15, 0.2) is 29.6 Å². The van der Waals surface area contributed by atoms with Crippen LogP contribution in [0.4, 0.5) is 0 Å². The molecule has 0 radical (unpaired) electrons. The predicted molar refractivity (Wildman–Crippen MR) is 69.8 cm³/mol. The second-order valence-corrected chi connectivity index (χ2v) is 5.38. The summed E-state index contributed by atoms with van der Waals surface area (Å²) in [7, 11) is 0. The van der Waals surface area contributed by atoms with Crippen LogP contribution in [0.3, 0.4) is 0 Å². The molecule has 3 heteroatoms. The van der Waals surface area contributed by atoms with Crippen LogP contribution in [-0.4, -0.2) is 17.1 Å². The quantitative estimate of drug-likeness (QED) is 0.876. The third-order valence-corrected chi connectivity index (χ3v) is 4.09. The monoisotopic (exact) mass is 238 g/mol. The molecule has 1 aromatic heterocycles. The van der Waals surface area contributed by atoms with Gasteiger partial charge in [0.1, 0.15) is 0 Å². The second kappa shape index (κ2) is 5.01. The van der Waals surface area contributed by atoms with Gasteiger partial charge < -0.3 is 5.11 Å². The SMILES string of the molecule is CSCCC(O)c1csc2ccccc12. The molecule has 1 unspecified atom stereocenters. The maximum Gasteiger partial charge on any atom is 0.0812 e. The van der Waals surface area contributed by atoms with Crippen molar-refractivity contribution in [2.75, 3.05) is 12.0 Å². The normalized spacial score (nSPS) is 13.2. The standard InChI is InChI=1S/C12H14OS2/c1-14-7-6-11(13)10-8-15-12-5-3-2-4-9(10)12/h2-5,8,11,13H,6-7H2,1H3. The van der Waals surface area contributed by atoms with Crippen molar-refractivity contribution < 1.29 is 5.11 Å². The molecule has 0 aliphatic rings. The Bertz CT molecular complexity index is 436. The number of fused-ring (bicyclic) bond motifs is 1. The van der Waals surface area contributed by atoms with Crippen molar-refractivity contribution in [3.8, 4) is 0 Å². The van der Waals surface area contributed by atoms with Gasteiger partial charge in [-0.05, 0) is 40.8 Å². The number of hydrogen-bond donors (Lipinski definition) is 1. The third kappa shape index (κ3) is 2.36. The Hall–Kier alpha value is -0.510. The van der Waals surface area contributed by atoms with Gasteiger partial charge in [-0.2, -0.15) is 11.8 Å². The van der Waals surface area contributed by atoms with Gasteiger partial charge in [0.25, 0.3) is 0 Å². The highest BCUT2D eigenvalue weighted by Crippen LogP contribution is 2.31. The average molecular weight is 238 g/mol. The number of benzene rings is 1. The zero-order chi connectivity index (χ0) is 10.7. The van der Waals surface area contributed by atoms with E-state index in [0.717, 1.165) is 17.7 Å². The maximum atomic E-state index is 10.0. The Morgan fingerprint density at radius 1 is 1.40 bits per heavy atom. The molecule has 0 saturated carbocycles. The number of thiophene rings is 1. The molecule has 1 atom stereocenters. The van der Waals surface area contributed by atoms with Gasteiger partial charge in [0.15, 0.2) is 0 Å². The van der Waals surface area contributed by atoms with Crippen molar-refractivity contribution in [1.29, 1.82) is 0 Å². The molecule has 80 valence electrons. The van der Waals surface area contributed by atoms with Gasteiger partial charge in [0.05, 0.1) is 6.10 Å². The van der Waals surface area contributed by atoms with Crippen molar-refractivity contribution in [1.82, 2.24) is 0 Å². The minimum absolute atomic E-state index is 0.311. The second-order valence-electron chi connectivity index (χ2n) is 3.48. The van der Waals surface area contributed by atoms with Crippen LogP contribution in [0.2, 0.25) is 0 Å². The molecule has 2 rings (SSSR count). The van der Waals surface area contributed by atoms with Crippen LogP contribution in [0.1, 0.15) is 18.1 Å². The van der Waals surface area contributed by atoms with E-state index < -0.39 is 0 Å². The summed E-state index contributed by atoms with van der Waals surface area (Å²) in [6, 6.07) is 8.25. The third-order valence-electron chi connectivity index (χ3n) is 2.47. The van der Waals surface area contributed by atoms with E-state index in [4.69, 9.17) is 0 Å². The molecule has 0 aliphatic heterocycles. The molecule has 0 saturated heterocycles. The van der Waals surface area contributed by atoms with Gasteiger partial charge in [-0.15, -0.1) is 11.3 Å². The summed E-state index contributed by atoms with van der Waals surface area (Å²) < 4.78 is 1.26. The number of aliphatic hydroxyl groups is 1. The lowest BCUT2D eigenvalue weighted by Crippen LogP contribution is -1.97. The van der Waals surface area contributed by atoms with Crippen LogP contribution in [0, 0.1) is 0 Å². The van der Waals surface area contributed by atoms with Crippen molar-refractivity contribution in [2.45, 2.75) is 12.5 Å². The first-order valence-corrected chi connectivity index (χ1v) is 7.23. The van der Waals surface area contributed by atoms with Gasteiger partial charge in [-0.3, -0.25) is 0 Å². The zero-order valence-corrected chi connectivity index (χ0v) is 10.3. The Morgan fingerprint density at radius 2 is 2.20 bits per heavy atom. The lowest BCUT2D eigenvalue weighted by molar-refractivity contribution is 0.177. The van der Waals surface area contributed by atoms with Crippen LogP contribution >= 0.6 is 23.1 Å². The lowest BCUT2D eigenvalue weighted by Gasteiger charge is -2.08. The number of rotatable bonds is 4. The van der Waals surface area contributed by atoms with Crippen LogP contribution < -0.4 is 0 Å². The van der Waals surface area contributed by atoms with Crippen molar-refractivity contribution in [2.24, 2.45) is 0 Å².